The lowest BCUT2D eigenvalue weighted by Gasteiger charge is -2.14. The first kappa shape index (κ1) is 11.6. The molecule has 0 saturated heterocycles. The van der Waals surface area contributed by atoms with Crippen molar-refractivity contribution in [3.05, 3.63) is 16.0 Å². The van der Waals surface area contributed by atoms with E-state index in [2.05, 4.69) is 37.9 Å². The quantitative estimate of drug-likeness (QED) is 0.831. The van der Waals surface area contributed by atoms with Crippen LogP contribution in [0.15, 0.2) is 12.4 Å². The summed E-state index contributed by atoms with van der Waals surface area (Å²) < 4.78 is 1.01. The molecule has 4 nitrogen and oxygen atoms in total. The molecule has 1 rings (SSSR count). The molecule has 1 aromatic rings. The summed E-state index contributed by atoms with van der Waals surface area (Å²) in [5.74, 6) is 0.610. The lowest BCUT2D eigenvalue weighted by molar-refractivity contribution is 0.179. The van der Waals surface area contributed by atoms with E-state index in [9.17, 15) is 0 Å². The normalized spacial score (nSPS) is 14.9. The molecular weight excluding hydrogens is 293 g/mol. The van der Waals surface area contributed by atoms with Gasteiger partial charge in [-0.3, -0.25) is 0 Å². The van der Waals surface area contributed by atoms with Crippen LogP contribution in [0.5, 0.6) is 0 Å². The Morgan fingerprint density at radius 1 is 1.43 bits per heavy atom. The summed E-state index contributed by atoms with van der Waals surface area (Å²) in [4.78, 5) is 8.23. The van der Waals surface area contributed by atoms with Gasteiger partial charge in [-0.2, -0.15) is 0 Å². The van der Waals surface area contributed by atoms with Gasteiger partial charge in [0.15, 0.2) is 0 Å². The second-order valence-electron chi connectivity index (χ2n) is 3.35. The van der Waals surface area contributed by atoms with Crippen LogP contribution in [0, 0.1) is 3.57 Å². The van der Waals surface area contributed by atoms with Crippen molar-refractivity contribution in [2.75, 3.05) is 5.32 Å². The monoisotopic (exact) mass is 307 g/mol. The zero-order chi connectivity index (χ0) is 10.6. The van der Waals surface area contributed by atoms with Gasteiger partial charge >= 0.3 is 0 Å². The molecule has 0 aliphatic rings. The van der Waals surface area contributed by atoms with E-state index >= 15 is 0 Å². The summed E-state index contributed by atoms with van der Waals surface area (Å²) >= 11 is 2.16. The van der Waals surface area contributed by atoms with Crippen LogP contribution in [-0.2, 0) is 0 Å². The SMILES string of the molecule is CC(O)CC(C)Nc1ncc(I)cn1. The molecule has 78 valence electrons. The summed E-state index contributed by atoms with van der Waals surface area (Å²) in [6.45, 7) is 3.76. The van der Waals surface area contributed by atoms with Gasteiger partial charge in [-0.1, -0.05) is 0 Å². The van der Waals surface area contributed by atoms with Crippen LogP contribution < -0.4 is 5.32 Å². The number of hydrogen-bond acceptors (Lipinski definition) is 4. The topological polar surface area (TPSA) is 58.0 Å². The van der Waals surface area contributed by atoms with E-state index in [1.165, 1.54) is 0 Å². The van der Waals surface area contributed by atoms with Crippen molar-refractivity contribution in [1.29, 1.82) is 0 Å². The lowest BCUT2D eigenvalue weighted by atomic mass is 10.2. The molecule has 0 radical (unpaired) electrons. The zero-order valence-electron chi connectivity index (χ0n) is 8.24. The average Bonchev–Trinajstić information content (AvgIpc) is 2.07. The van der Waals surface area contributed by atoms with Gasteiger partial charge in [-0.05, 0) is 42.9 Å². The highest BCUT2D eigenvalue weighted by Crippen LogP contribution is 2.06. The fraction of sp³-hybridized carbons (Fsp3) is 0.556. The van der Waals surface area contributed by atoms with Crippen molar-refractivity contribution in [2.24, 2.45) is 0 Å². The number of anilines is 1. The Labute approximate surface area is 97.3 Å². The number of rotatable bonds is 4. The molecule has 0 aliphatic carbocycles. The van der Waals surface area contributed by atoms with Crippen molar-refractivity contribution >= 4 is 28.5 Å². The third-order valence-electron chi connectivity index (χ3n) is 1.69. The van der Waals surface area contributed by atoms with E-state index in [0.29, 0.717) is 12.4 Å². The molecule has 0 fully saturated rings. The second kappa shape index (κ2) is 5.45. The van der Waals surface area contributed by atoms with E-state index in [1.54, 1.807) is 19.3 Å². The zero-order valence-corrected chi connectivity index (χ0v) is 10.4. The predicted molar refractivity (Wildman–Crippen MR) is 64.1 cm³/mol. The fourth-order valence-electron chi connectivity index (χ4n) is 1.18. The van der Waals surface area contributed by atoms with E-state index < -0.39 is 0 Å². The van der Waals surface area contributed by atoms with Crippen molar-refractivity contribution in [3.63, 3.8) is 0 Å². The first-order valence-corrected chi connectivity index (χ1v) is 5.58. The number of aliphatic hydroxyl groups excluding tert-OH is 1. The molecule has 5 heteroatoms. The first-order valence-electron chi connectivity index (χ1n) is 4.50. The number of aromatic nitrogens is 2. The second-order valence-corrected chi connectivity index (χ2v) is 4.60. The third-order valence-corrected chi connectivity index (χ3v) is 2.25. The number of halogens is 1. The van der Waals surface area contributed by atoms with Crippen LogP contribution in [-0.4, -0.2) is 27.2 Å². The van der Waals surface area contributed by atoms with Gasteiger partial charge in [0, 0.05) is 22.0 Å². The summed E-state index contributed by atoms with van der Waals surface area (Å²) in [5, 5.41) is 12.3. The van der Waals surface area contributed by atoms with Gasteiger partial charge in [0.05, 0.1) is 6.10 Å². The molecule has 2 N–H and O–H groups in total. The third kappa shape index (κ3) is 4.19. The van der Waals surface area contributed by atoms with E-state index in [0.717, 1.165) is 3.57 Å². The van der Waals surface area contributed by atoms with Crippen molar-refractivity contribution in [1.82, 2.24) is 9.97 Å². The van der Waals surface area contributed by atoms with Gasteiger partial charge in [-0.15, -0.1) is 0 Å². The maximum absolute atomic E-state index is 9.16. The minimum atomic E-state index is -0.304. The summed E-state index contributed by atoms with van der Waals surface area (Å²) in [6, 6.07) is 0.176. The molecule has 2 atom stereocenters. The highest BCUT2D eigenvalue weighted by atomic mass is 127. The minimum Gasteiger partial charge on any atom is -0.393 e. The summed E-state index contributed by atoms with van der Waals surface area (Å²) in [5.41, 5.74) is 0. The molecule has 0 aliphatic heterocycles. The van der Waals surface area contributed by atoms with Crippen molar-refractivity contribution in [2.45, 2.75) is 32.4 Å². The van der Waals surface area contributed by atoms with Crippen LogP contribution in [0.3, 0.4) is 0 Å². The largest absolute Gasteiger partial charge is 0.393 e. The molecule has 0 bridgehead atoms. The standard InChI is InChI=1S/C9H14IN3O/c1-6(3-7(2)14)13-9-11-4-8(10)5-12-9/h4-7,14H,3H2,1-2H3,(H,11,12,13). The highest BCUT2D eigenvalue weighted by molar-refractivity contribution is 14.1. The molecule has 0 spiro atoms. The fourth-order valence-corrected chi connectivity index (χ4v) is 1.46. The average molecular weight is 307 g/mol. The number of nitrogens with one attached hydrogen (secondary N) is 1. The smallest absolute Gasteiger partial charge is 0.222 e. The number of hydrogen-bond donors (Lipinski definition) is 2. The summed E-state index contributed by atoms with van der Waals surface area (Å²) in [7, 11) is 0. The van der Waals surface area contributed by atoms with Crippen molar-refractivity contribution < 1.29 is 5.11 Å². The van der Waals surface area contributed by atoms with E-state index in [4.69, 9.17) is 5.11 Å². The van der Waals surface area contributed by atoms with Gasteiger partial charge in [-0.25, -0.2) is 9.97 Å². The molecule has 2 unspecified atom stereocenters. The first-order chi connectivity index (χ1) is 6.58. The number of aliphatic hydroxyl groups is 1. The Morgan fingerprint density at radius 3 is 2.50 bits per heavy atom. The maximum atomic E-state index is 9.16. The Balaban J connectivity index is 2.47. The maximum Gasteiger partial charge on any atom is 0.222 e. The van der Waals surface area contributed by atoms with E-state index in [-0.39, 0.29) is 12.1 Å². The molecule has 0 saturated carbocycles. The molecular formula is C9H14IN3O. The number of nitrogens with zero attached hydrogens (tertiary/aromatic N) is 2. The van der Waals surface area contributed by atoms with Crippen LogP contribution in [0.1, 0.15) is 20.3 Å². The van der Waals surface area contributed by atoms with Gasteiger partial charge < -0.3 is 10.4 Å². The minimum absolute atomic E-state index is 0.176. The van der Waals surface area contributed by atoms with Crippen LogP contribution >= 0.6 is 22.6 Å². The molecule has 14 heavy (non-hydrogen) atoms. The highest BCUT2D eigenvalue weighted by Gasteiger charge is 2.06. The Bertz CT molecular complexity index is 276. The molecule has 1 aromatic heterocycles. The van der Waals surface area contributed by atoms with Gasteiger partial charge in [0.2, 0.25) is 5.95 Å². The Hall–Kier alpha value is -0.430. The van der Waals surface area contributed by atoms with Crippen LogP contribution in [0.2, 0.25) is 0 Å². The van der Waals surface area contributed by atoms with Crippen LogP contribution in [0.4, 0.5) is 5.95 Å². The van der Waals surface area contributed by atoms with Gasteiger partial charge in [0.1, 0.15) is 0 Å². The Kier molecular flexibility index (Phi) is 4.53. The lowest BCUT2D eigenvalue weighted by Crippen LogP contribution is -2.21. The summed E-state index contributed by atoms with van der Waals surface area (Å²) in [6.07, 6.45) is 3.90. The predicted octanol–water partition coefficient (Wildman–Crippen LogP) is 1.65. The van der Waals surface area contributed by atoms with Gasteiger partial charge in [0.25, 0.3) is 0 Å². The van der Waals surface area contributed by atoms with Crippen molar-refractivity contribution in [3.8, 4) is 0 Å². The molecule has 1 heterocycles. The Morgan fingerprint density at radius 2 is 2.00 bits per heavy atom. The van der Waals surface area contributed by atoms with E-state index in [1.807, 2.05) is 6.92 Å². The molecule has 0 aromatic carbocycles. The molecule has 0 amide bonds. The van der Waals surface area contributed by atoms with Crippen LogP contribution in [0.25, 0.3) is 0 Å².